The average molecular weight is 399 g/mol. The summed E-state index contributed by atoms with van der Waals surface area (Å²) in [6, 6.07) is 25.8. The highest BCUT2D eigenvalue weighted by Gasteiger charge is 2.36. The number of hydrogen-bond acceptors (Lipinski definition) is 1. The van der Waals surface area contributed by atoms with Gasteiger partial charge in [0.1, 0.15) is 0 Å². The summed E-state index contributed by atoms with van der Waals surface area (Å²) in [6.07, 6.45) is 5.40. The maximum Gasteiger partial charge on any atom is 0.0824 e. The van der Waals surface area contributed by atoms with Crippen LogP contribution in [0.4, 0.5) is 0 Å². The summed E-state index contributed by atoms with van der Waals surface area (Å²) in [4.78, 5) is 0. The summed E-state index contributed by atoms with van der Waals surface area (Å²) in [5, 5.41) is 11.2. The number of rotatable bonds is 7. The lowest BCUT2D eigenvalue weighted by molar-refractivity contribution is 0.0882. The zero-order chi connectivity index (χ0) is 21.1. The fourth-order valence-electron chi connectivity index (χ4n) is 5.23. The van der Waals surface area contributed by atoms with Crippen molar-refractivity contribution in [1.29, 1.82) is 0 Å². The third-order valence-electron chi connectivity index (χ3n) is 6.77. The van der Waals surface area contributed by atoms with Gasteiger partial charge in [0, 0.05) is 0 Å². The maximum absolute atomic E-state index is 11.2. The van der Waals surface area contributed by atoms with Crippen LogP contribution in [0.25, 0.3) is 22.3 Å². The third-order valence-corrected chi connectivity index (χ3v) is 6.77. The molecule has 30 heavy (non-hydrogen) atoms. The Labute approximate surface area is 181 Å². The molecule has 0 amide bonds. The number of hydrogen-bond donors (Lipinski definition) is 1. The second-order valence-corrected chi connectivity index (χ2v) is 9.67. The van der Waals surface area contributed by atoms with Crippen molar-refractivity contribution in [3.05, 3.63) is 83.9 Å². The zero-order valence-electron chi connectivity index (χ0n) is 18.6. The molecule has 0 spiro atoms. The number of aliphatic hydroxyl groups is 1. The lowest BCUT2D eigenvalue weighted by Gasteiger charge is -2.29. The van der Waals surface area contributed by atoms with Gasteiger partial charge in [-0.15, -0.1) is 0 Å². The molecule has 1 aliphatic rings. The molecule has 0 saturated carbocycles. The fraction of sp³-hybridized carbons (Fsp3) is 0.379. The van der Waals surface area contributed by atoms with Gasteiger partial charge in [-0.05, 0) is 64.0 Å². The predicted octanol–water partition coefficient (Wildman–Crippen LogP) is 7.83. The molecule has 2 unspecified atom stereocenters. The molecule has 1 nitrogen and oxygen atoms in total. The molecule has 3 aromatic rings. The molecule has 0 aromatic heterocycles. The molecule has 3 aromatic carbocycles. The van der Waals surface area contributed by atoms with Crippen molar-refractivity contribution in [1.82, 2.24) is 0 Å². The number of fused-ring (bicyclic) bond motifs is 1. The van der Waals surface area contributed by atoms with Gasteiger partial charge in [-0.3, -0.25) is 0 Å². The van der Waals surface area contributed by atoms with E-state index in [1.165, 1.54) is 47.1 Å². The van der Waals surface area contributed by atoms with E-state index >= 15 is 0 Å². The lowest BCUT2D eigenvalue weighted by Crippen LogP contribution is -2.20. The predicted molar refractivity (Wildman–Crippen MR) is 127 cm³/mol. The van der Waals surface area contributed by atoms with E-state index in [9.17, 15) is 5.11 Å². The van der Waals surface area contributed by atoms with Crippen LogP contribution in [-0.4, -0.2) is 5.11 Å². The minimum Gasteiger partial charge on any atom is -0.388 e. The van der Waals surface area contributed by atoms with Gasteiger partial charge in [0.25, 0.3) is 0 Å². The topological polar surface area (TPSA) is 20.2 Å². The normalized spacial score (nSPS) is 18.4. The molecule has 1 heteroatoms. The molecule has 2 atom stereocenters. The van der Waals surface area contributed by atoms with Crippen LogP contribution in [0.5, 0.6) is 0 Å². The number of unbranched alkanes of at least 4 members (excludes halogenated alkanes) is 1. The molecular formula is C29H34O. The van der Waals surface area contributed by atoms with Gasteiger partial charge in [0.05, 0.1) is 6.10 Å². The van der Waals surface area contributed by atoms with Crippen molar-refractivity contribution in [3.8, 4) is 22.3 Å². The second kappa shape index (κ2) is 8.78. The Hall–Kier alpha value is -2.38. The van der Waals surface area contributed by atoms with Crippen molar-refractivity contribution in [2.24, 2.45) is 11.3 Å². The SMILES string of the molecule is CCCCC(C)(C)CC1Cc2c(-c3ccccc3-c3ccccc3)cccc2C1O. The van der Waals surface area contributed by atoms with Crippen LogP contribution in [0.15, 0.2) is 72.8 Å². The van der Waals surface area contributed by atoms with Crippen molar-refractivity contribution < 1.29 is 5.11 Å². The van der Waals surface area contributed by atoms with Crippen LogP contribution >= 0.6 is 0 Å². The first kappa shape index (κ1) is 20.9. The smallest absolute Gasteiger partial charge is 0.0824 e. The van der Waals surface area contributed by atoms with E-state index in [4.69, 9.17) is 0 Å². The lowest BCUT2D eigenvalue weighted by atomic mass is 9.77. The van der Waals surface area contributed by atoms with E-state index in [1.54, 1.807) is 0 Å². The zero-order valence-corrected chi connectivity index (χ0v) is 18.6. The first-order valence-electron chi connectivity index (χ1n) is 11.4. The van der Waals surface area contributed by atoms with Gasteiger partial charge in [0.2, 0.25) is 0 Å². The Morgan fingerprint density at radius 3 is 2.23 bits per heavy atom. The highest BCUT2D eigenvalue weighted by Crippen LogP contribution is 2.47. The minimum atomic E-state index is -0.357. The first-order valence-corrected chi connectivity index (χ1v) is 11.4. The molecule has 0 saturated heterocycles. The largest absolute Gasteiger partial charge is 0.388 e. The number of benzene rings is 3. The third kappa shape index (κ3) is 4.23. The Morgan fingerprint density at radius 2 is 1.50 bits per heavy atom. The Bertz CT molecular complexity index is 986. The molecule has 0 heterocycles. The fourth-order valence-corrected chi connectivity index (χ4v) is 5.23. The van der Waals surface area contributed by atoms with Crippen LogP contribution < -0.4 is 0 Å². The van der Waals surface area contributed by atoms with E-state index in [-0.39, 0.29) is 11.5 Å². The Morgan fingerprint density at radius 1 is 0.833 bits per heavy atom. The van der Waals surface area contributed by atoms with E-state index in [2.05, 4.69) is 93.6 Å². The van der Waals surface area contributed by atoms with Gasteiger partial charge < -0.3 is 5.11 Å². The van der Waals surface area contributed by atoms with Crippen molar-refractivity contribution >= 4 is 0 Å². The van der Waals surface area contributed by atoms with E-state index in [0.29, 0.717) is 5.92 Å². The minimum absolute atomic E-state index is 0.270. The van der Waals surface area contributed by atoms with Crippen LogP contribution in [0.2, 0.25) is 0 Å². The first-order chi connectivity index (χ1) is 14.5. The van der Waals surface area contributed by atoms with E-state index in [1.807, 2.05) is 0 Å². The molecule has 1 N–H and O–H groups in total. The number of aliphatic hydroxyl groups excluding tert-OH is 1. The molecule has 0 radical (unpaired) electrons. The van der Waals surface area contributed by atoms with E-state index < -0.39 is 0 Å². The molecular weight excluding hydrogens is 364 g/mol. The molecule has 4 rings (SSSR count). The second-order valence-electron chi connectivity index (χ2n) is 9.67. The molecule has 0 fully saturated rings. The quantitative estimate of drug-likeness (QED) is 0.430. The van der Waals surface area contributed by atoms with Gasteiger partial charge in [-0.25, -0.2) is 0 Å². The standard InChI is InChI=1S/C29H34O/c1-4-5-18-29(2,3)20-22-19-27-25(16-11-17-26(27)28(22)30)24-15-10-9-14-23(24)21-12-7-6-8-13-21/h6-17,22,28,30H,4-5,18-20H2,1-3H3. The van der Waals surface area contributed by atoms with Crippen LogP contribution in [0.3, 0.4) is 0 Å². The summed E-state index contributed by atoms with van der Waals surface area (Å²) in [7, 11) is 0. The van der Waals surface area contributed by atoms with Crippen LogP contribution in [0, 0.1) is 11.3 Å². The highest BCUT2D eigenvalue weighted by molar-refractivity contribution is 5.85. The molecule has 1 aliphatic carbocycles. The molecule has 156 valence electrons. The van der Waals surface area contributed by atoms with Gasteiger partial charge in [0.15, 0.2) is 0 Å². The maximum atomic E-state index is 11.2. The van der Waals surface area contributed by atoms with E-state index in [0.717, 1.165) is 18.4 Å². The summed E-state index contributed by atoms with van der Waals surface area (Å²) in [5.74, 6) is 0.303. The van der Waals surface area contributed by atoms with Crippen molar-refractivity contribution in [3.63, 3.8) is 0 Å². The van der Waals surface area contributed by atoms with Crippen molar-refractivity contribution in [2.45, 2.75) is 59.0 Å². The summed E-state index contributed by atoms with van der Waals surface area (Å²) < 4.78 is 0. The average Bonchev–Trinajstić information content (AvgIpc) is 3.08. The summed E-state index contributed by atoms with van der Waals surface area (Å²) >= 11 is 0. The van der Waals surface area contributed by atoms with Gasteiger partial charge >= 0.3 is 0 Å². The molecule has 0 bridgehead atoms. The summed E-state index contributed by atoms with van der Waals surface area (Å²) in [6.45, 7) is 6.99. The summed E-state index contributed by atoms with van der Waals surface area (Å²) in [5.41, 5.74) is 7.77. The molecule has 0 aliphatic heterocycles. The highest BCUT2D eigenvalue weighted by atomic mass is 16.3. The van der Waals surface area contributed by atoms with Crippen LogP contribution in [0.1, 0.15) is 63.7 Å². The monoisotopic (exact) mass is 398 g/mol. The van der Waals surface area contributed by atoms with Crippen LogP contribution in [-0.2, 0) is 6.42 Å². The van der Waals surface area contributed by atoms with Gasteiger partial charge in [-0.1, -0.05) is 106 Å². The Kier molecular flexibility index (Phi) is 6.11. The Balaban J connectivity index is 1.69. The van der Waals surface area contributed by atoms with Crippen molar-refractivity contribution in [2.75, 3.05) is 0 Å². The van der Waals surface area contributed by atoms with Gasteiger partial charge in [-0.2, -0.15) is 0 Å².